The Bertz CT molecular complexity index is 401. The molecular formula is C12H18N4O3. The molecule has 7 nitrogen and oxygen atoms in total. The highest BCUT2D eigenvalue weighted by atomic mass is 16.5. The molecule has 1 atom stereocenters. The molecule has 1 unspecified atom stereocenters. The van der Waals surface area contributed by atoms with Crippen molar-refractivity contribution in [2.24, 2.45) is 0 Å². The summed E-state index contributed by atoms with van der Waals surface area (Å²) < 4.78 is 10.5. The largest absolute Gasteiger partial charge is 0.471 e. The predicted octanol–water partition coefficient (Wildman–Crippen LogP) is 0.286. The van der Waals surface area contributed by atoms with E-state index in [1.54, 1.807) is 30.6 Å². The lowest BCUT2D eigenvalue weighted by molar-refractivity contribution is 0.174. The lowest BCUT2D eigenvalue weighted by Gasteiger charge is -2.17. The molecule has 0 aromatic carbocycles. The van der Waals surface area contributed by atoms with E-state index in [2.05, 4.69) is 15.3 Å². The smallest absolute Gasteiger partial charge is 0.317 e. The zero-order valence-electron chi connectivity index (χ0n) is 10.9. The van der Waals surface area contributed by atoms with Crippen molar-refractivity contribution < 1.29 is 14.3 Å². The van der Waals surface area contributed by atoms with E-state index in [-0.39, 0.29) is 12.1 Å². The Morgan fingerprint density at radius 1 is 1.58 bits per heavy atom. The number of likely N-dealkylation sites (tertiary alicyclic amines) is 1. The number of ether oxygens (including phenoxy) is 2. The van der Waals surface area contributed by atoms with Crippen molar-refractivity contribution in [2.75, 3.05) is 33.4 Å². The van der Waals surface area contributed by atoms with Crippen molar-refractivity contribution in [3.63, 3.8) is 0 Å². The summed E-state index contributed by atoms with van der Waals surface area (Å²) in [4.78, 5) is 21.5. The first-order chi connectivity index (χ1) is 9.29. The molecule has 1 aromatic heterocycles. The van der Waals surface area contributed by atoms with Crippen molar-refractivity contribution in [3.05, 3.63) is 18.6 Å². The predicted molar refractivity (Wildman–Crippen MR) is 67.9 cm³/mol. The van der Waals surface area contributed by atoms with Crippen LogP contribution in [0.4, 0.5) is 4.79 Å². The van der Waals surface area contributed by atoms with E-state index in [1.807, 2.05) is 0 Å². The van der Waals surface area contributed by atoms with Crippen LogP contribution in [0.5, 0.6) is 5.88 Å². The number of nitrogens with zero attached hydrogens (tertiary/aromatic N) is 3. The topological polar surface area (TPSA) is 76.6 Å². The fourth-order valence-corrected chi connectivity index (χ4v) is 1.90. The van der Waals surface area contributed by atoms with Crippen molar-refractivity contribution in [1.29, 1.82) is 0 Å². The van der Waals surface area contributed by atoms with Crippen LogP contribution < -0.4 is 10.1 Å². The average Bonchev–Trinajstić information content (AvgIpc) is 2.89. The highest BCUT2D eigenvalue weighted by molar-refractivity contribution is 5.74. The second kappa shape index (κ2) is 6.89. The Kier molecular flexibility index (Phi) is 4.91. The van der Waals surface area contributed by atoms with Crippen LogP contribution in [-0.2, 0) is 4.74 Å². The van der Waals surface area contributed by atoms with Gasteiger partial charge in [0.2, 0.25) is 5.88 Å². The maximum Gasteiger partial charge on any atom is 0.317 e. The molecule has 104 valence electrons. The van der Waals surface area contributed by atoms with Gasteiger partial charge < -0.3 is 19.7 Å². The minimum Gasteiger partial charge on any atom is -0.471 e. The summed E-state index contributed by atoms with van der Waals surface area (Å²) in [5.74, 6) is 0.495. The number of aromatic nitrogens is 2. The van der Waals surface area contributed by atoms with Crippen LogP contribution in [0.15, 0.2) is 18.6 Å². The van der Waals surface area contributed by atoms with E-state index in [9.17, 15) is 4.79 Å². The standard InChI is InChI=1S/C12H18N4O3/c1-18-7-5-15-12(17)16-6-2-10(9-16)19-11-8-13-3-4-14-11/h3-4,8,10H,2,5-7,9H2,1H3,(H,15,17). The Labute approximate surface area is 111 Å². The molecular weight excluding hydrogens is 248 g/mol. The summed E-state index contributed by atoms with van der Waals surface area (Å²) in [6.07, 6.45) is 5.52. The van der Waals surface area contributed by atoms with E-state index in [0.717, 1.165) is 6.42 Å². The number of rotatable bonds is 5. The lowest BCUT2D eigenvalue weighted by atomic mass is 10.3. The molecule has 1 aliphatic heterocycles. The van der Waals surface area contributed by atoms with Gasteiger partial charge in [0.1, 0.15) is 6.10 Å². The monoisotopic (exact) mass is 266 g/mol. The minimum absolute atomic E-state index is 0.0233. The van der Waals surface area contributed by atoms with Crippen LogP contribution >= 0.6 is 0 Å². The number of carbonyl (C=O) groups is 1. The van der Waals surface area contributed by atoms with Crippen LogP contribution in [-0.4, -0.2) is 60.4 Å². The minimum atomic E-state index is -0.0812. The van der Waals surface area contributed by atoms with Crippen LogP contribution in [0.1, 0.15) is 6.42 Å². The maximum atomic E-state index is 11.8. The number of urea groups is 1. The SMILES string of the molecule is COCCNC(=O)N1CCC(Oc2cnccn2)C1. The number of methoxy groups -OCH3 is 1. The molecule has 1 fully saturated rings. The van der Waals surface area contributed by atoms with Gasteiger partial charge in [-0.1, -0.05) is 0 Å². The summed E-state index contributed by atoms with van der Waals surface area (Å²) in [7, 11) is 1.60. The van der Waals surface area contributed by atoms with Gasteiger partial charge >= 0.3 is 6.03 Å². The first-order valence-electron chi connectivity index (χ1n) is 6.24. The Morgan fingerprint density at radius 3 is 3.21 bits per heavy atom. The third-order valence-corrected chi connectivity index (χ3v) is 2.84. The molecule has 1 N–H and O–H groups in total. The molecule has 7 heteroatoms. The van der Waals surface area contributed by atoms with E-state index in [1.165, 1.54) is 0 Å². The molecule has 0 bridgehead atoms. The number of carbonyl (C=O) groups excluding carboxylic acids is 1. The van der Waals surface area contributed by atoms with Crippen molar-refractivity contribution >= 4 is 6.03 Å². The Morgan fingerprint density at radius 2 is 2.47 bits per heavy atom. The Balaban J connectivity index is 1.75. The fraction of sp³-hybridized carbons (Fsp3) is 0.583. The summed E-state index contributed by atoms with van der Waals surface area (Å²) in [5, 5.41) is 2.79. The van der Waals surface area contributed by atoms with E-state index in [0.29, 0.717) is 32.1 Å². The Hall–Kier alpha value is -1.89. The van der Waals surface area contributed by atoms with Gasteiger partial charge in [0.05, 0.1) is 19.3 Å². The van der Waals surface area contributed by atoms with Gasteiger partial charge in [0, 0.05) is 39.0 Å². The zero-order chi connectivity index (χ0) is 13.5. The van der Waals surface area contributed by atoms with Crippen LogP contribution in [0, 0.1) is 0 Å². The molecule has 0 radical (unpaired) electrons. The maximum absolute atomic E-state index is 11.8. The second-order valence-corrected chi connectivity index (χ2v) is 4.24. The summed E-state index contributed by atoms with van der Waals surface area (Å²) in [6.45, 7) is 2.28. The van der Waals surface area contributed by atoms with Crippen molar-refractivity contribution in [2.45, 2.75) is 12.5 Å². The fourth-order valence-electron chi connectivity index (χ4n) is 1.90. The van der Waals surface area contributed by atoms with Crippen molar-refractivity contribution in [1.82, 2.24) is 20.2 Å². The van der Waals surface area contributed by atoms with Crippen LogP contribution in [0.2, 0.25) is 0 Å². The van der Waals surface area contributed by atoms with E-state index < -0.39 is 0 Å². The summed E-state index contributed by atoms with van der Waals surface area (Å²) >= 11 is 0. The number of hydrogen-bond donors (Lipinski definition) is 1. The molecule has 1 aliphatic rings. The summed E-state index contributed by atoms with van der Waals surface area (Å²) in [5.41, 5.74) is 0. The molecule has 1 saturated heterocycles. The van der Waals surface area contributed by atoms with Gasteiger partial charge in [-0.25, -0.2) is 9.78 Å². The second-order valence-electron chi connectivity index (χ2n) is 4.24. The van der Waals surface area contributed by atoms with Crippen LogP contribution in [0.3, 0.4) is 0 Å². The van der Waals surface area contributed by atoms with Gasteiger partial charge in [-0.05, 0) is 0 Å². The average molecular weight is 266 g/mol. The third kappa shape index (κ3) is 4.06. The van der Waals surface area contributed by atoms with Crippen LogP contribution in [0.25, 0.3) is 0 Å². The van der Waals surface area contributed by atoms with Gasteiger partial charge in [-0.2, -0.15) is 0 Å². The number of nitrogens with one attached hydrogen (secondary N) is 1. The van der Waals surface area contributed by atoms with Gasteiger partial charge in [-0.15, -0.1) is 0 Å². The number of hydrogen-bond acceptors (Lipinski definition) is 5. The highest BCUT2D eigenvalue weighted by Gasteiger charge is 2.27. The number of amides is 2. The first kappa shape index (κ1) is 13.5. The quantitative estimate of drug-likeness (QED) is 0.775. The normalized spacial score (nSPS) is 18.4. The molecule has 19 heavy (non-hydrogen) atoms. The first-order valence-corrected chi connectivity index (χ1v) is 6.24. The molecule has 0 aliphatic carbocycles. The van der Waals surface area contributed by atoms with E-state index in [4.69, 9.17) is 9.47 Å². The molecule has 2 heterocycles. The molecule has 0 spiro atoms. The van der Waals surface area contributed by atoms with Gasteiger partial charge in [0.15, 0.2) is 0 Å². The molecule has 1 aromatic rings. The third-order valence-electron chi connectivity index (χ3n) is 2.84. The lowest BCUT2D eigenvalue weighted by Crippen LogP contribution is -2.40. The molecule has 0 saturated carbocycles. The van der Waals surface area contributed by atoms with Gasteiger partial charge in [-0.3, -0.25) is 4.98 Å². The highest BCUT2D eigenvalue weighted by Crippen LogP contribution is 2.15. The molecule has 2 amide bonds. The van der Waals surface area contributed by atoms with Crippen molar-refractivity contribution in [3.8, 4) is 5.88 Å². The zero-order valence-corrected chi connectivity index (χ0v) is 10.9. The van der Waals surface area contributed by atoms with E-state index >= 15 is 0 Å². The summed E-state index contributed by atoms with van der Waals surface area (Å²) in [6, 6.07) is -0.0812. The van der Waals surface area contributed by atoms with Gasteiger partial charge in [0.25, 0.3) is 0 Å². The molecule has 2 rings (SSSR count).